The molecule has 3 rings (SSSR count). The number of nitrogens with zero attached hydrogens (tertiary/aromatic N) is 1. The molecule has 1 aromatic carbocycles. The van der Waals surface area contributed by atoms with Gasteiger partial charge in [-0.15, -0.1) is 11.3 Å². The smallest absolute Gasteiger partial charge is 0.315 e. The summed E-state index contributed by atoms with van der Waals surface area (Å²) in [5.74, 6) is -1.85. The number of rotatable bonds is 8. The molecule has 1 saturated heterocycles. The number of benzene rings is 1. The van der Waals surface area contributed by atoms with E-state index in [9.17, 15) is 18.4 Å². The number of halogens is 2. The van der Waals surface area contributed by atoms with Gasteiger partial charge >= 0.3 is 6.03 Å². The monoisotopic (exact) mass is 466 g/mol. The van der Waals surface area contributed by atoms with Gasteiger partial charge in [0.05, 0.1) is 24.8 Å². The molecule has 174 valence electrons. The normalized spacial score (nSPS) is 16.7. The number of hydrogen-bond donors (Lipinski definition) is 3. The molecule has 0 saturated carbocycles. The lowest BCUT2D eigenvalue weighted by Crippen LogP contribution is -2.48. The minimum Gasteiger partial charge on any atom is -0.374 e. The van der Waals surface area contributed by atoms with Crippen molar-refractivity contribution in [3.8, 4) is 0 Å². The van der Waals surface area contributed by atoms with Crippen LogP contribution in [0.2, 0.25) is 0 Å². The number of amides is 3. The second-order valence-electron chi connectivity index (χ2n) is 7.97. The minimum absolute atomic E-state index is 0.0598. The van der Waals surface area contributed by atoms with Crippen LogP contribution in [-0.2, 0) is 17.8 Å². The number of morpholine rings is 1. The summed E-state index contributed by atoms with van der Waals surface area (Å²) in [6, 6.07) is 5.40. The first-order valence-corrected chi connectivity index (χ1v) is 11.4. The molecular weight excluding hydrogens is 438 g/mol. The molecule has 2 heterocycles. The quantitative estimate of drug-likeness (QED) is 0.559. The Morgan fingerprint density at radius 1 is 1.22 bits per heavy atom. The molecule has 32 heavy (non-hydrogen) atoms. The zero-order chi connectivity index (χ0) is 23.1. The van der Waals surface area contributed by atoms with E-state index in [1.54, 1.807) is 17.5 Å². The molecule has 1 fully saturated rings. The zero-order valence-electron chi connectivity index (χ0n) is 18.1. The number of urea groups is 1. The van der Waals surface area contributed by atoms with Crippen LogP contribution in [0.4, 0.5) is 13.6 Å². The van der Waals surface area contributed by atoms with Crippen LogP contribution in [0.3, 0.4) is 0 Å². The van der Waals surface area contributed by atoms with Crippen LogP contribution in [0.1, 0.15) is 34.6 Å². The molecule has 2 aromatic rings. The number of carbonyl (C=O) groups excluding carboxylic acids is 2. The van der Waals surface area contributed by atoms with Crippen LogP contribution in [-0.4, -0.2) is 55.2 Å². The molecule has 10 heteroatoms. The standard InChI is InChI=1S/C22H28F2N4O3S/c1-14(2)27-21(29)16-8-18(32-13-16)10-26-22(30)25-9-17-12-28(5-6-31-17)11-15-3-4-19(23)20(24)7-15/h3-4,7-8,13-14,17H,5-6,9-12H2,1-2H3,(H,27,29)(H2,25,26,30)/t17-/m0/s1. The fourth-order valence-corrected chi connectivity index (χ4v) is 4.12. The predicted octanol–water partition coefficient (Wildman–Crippen LogP) is 2.86. The Labute approximate surface area is 190 Å². The summed E-state index contributed by atoms with van der Waals surface area (Å²) in [5, 5.41) is 10.2. The molecule has 3 amide bonds. The van der Waals surface area contributed by atoms with Crippen LogP contribution in [0, 0.1) is 11.6 Å². The van der Waals surface area contributed by atoms with Gasteiger partial charge < -0.3 is 20.7 Å². The van der Waals surface area contributed by atoms with Crippen molar-refractivity contribution in [3.63, 3.8) is 0 Å². The third-order valence-electron chi connectivity index (χ3n) is 4.86. The highest BCUT2D eigenvalue weighted by atomic mass is 32.1. The summed E-state index contributed by atoms with van der Waals surface area (Å²) >= 11 is 1.41. The number of thiophene rings is 1. The fourth-order valence-electron chi connectivity index (χ4n) is 3.32. The molecule has 1 aliphatic rings. The molecular formula is C22H28F2N4O3S. The molecule has 0 aliphatic carbocycles. The van der Waals surface area contributed by atoms with Crippen LogP contribution >= 0.6 is 11.3 Å². The van der Waals surface area contributed by atoms with E-state index >= 15 is 0 Å². The van der Waals surface area contributed by atoms with Gasteiger partial charge in [0.1, 0.15) is 0 Å². The Morgan fingerprint density at radius 3 is 2.78 bits per heavy atom. The van der Waals surface area contributed by atoms with Gasteiger partial charge in [-0.05, 0) is 37.6 Å². The van der Waals surface area contributed by atoms with Gasteiger partial charge in [0.2, 0.25) is 0 Å². The number of ether oxygens (including phenoxy) is 1. The average molecular weight is 467 g/mol. The van der Waals surface area contributed by atoms with Gasteiger partial charge in [-0.25, -0.2) is 13.6 Å². The van der Waals surface area contributed by atoms with Crippen molar-refractivity contribution in [2.24, 2.45) is 0 Å². The Morgan fingerprint density at radius 2 is 2.03 bits per heavy atom. The van der Waals surface area contributed by atoms with Crippen molar-refractivity contribution in [2.45, 2.75) is 39.1 Å². The van der Waals surface area contributed by atoms with E-state index in [0.29, 0.717) is 50.5 Å². The highest BCUT2D eigenvalue weighted by molar-refractivity contribution is 7.10. The van der Waals surface area contributed by atoms with Gasteiger partial charge in [0.15, 0.2) is 11.6 Å². The predicted molar refractivity (Wildman–Crippen MR) is 119 cm³/mol. The molecule has 0 unspecified atom stereocenters. The summed E-state index contributed by atoms with van der Waals surface area (Å²) in [4.78, 5) is 27.1. The van der Waals surface area contributed by atoms with Gasteiger partial charge in [-0.2, -0.15) is 0 Å². The van der Waals surface area contributed by atoms with E-state index in [1.165, 1.54) is 17.4 Å². The second kappa shape index (κ2) is 11.3. The summed E-state index contributed by atoms with van der Waals surface area (Å²) in [6.45, 7) is 6.66. The van der Waals surface area contributed by atoms with Crippen LogP contribution in [0.15, 0.2) is 29.6 Å². The Balaban J connectivity index is 1.39. The molecule has 0 bridgehead atoms. The molecule has 0 radical (unpaired) electrons. The van der Waals surface area contributed by atoms with Crippen molar-refractivity contribution < 1.29 is 23.1 Å². The first-order valence-electron chi connectivity index (χ1n) is 10.5. The highest BCUT2D eigenvalue weighted by Gasteiger charge is 2.21. The average Bonchev–Trinajstić information content (AvgIpc) is 3.23. The summed E-state index contributed by atoms with van der Waals surface area (Å²) < 4.78 is 32.2. The fraction of sp³-hybridized carbons (Fsp3) is 0.455. The lowest BCUT2D eigenvalue weighted by atomic mass is 10.1. The van der Waals surface area contributed by atoms with Crippen LogP contribution in [0.25, 0.3) is 0 Å². The molecule has 3 N–H and O–H groups in total. The maximum Gasteiger partial charge on any atom is 0.315 e. The highest BCUT2D eigenvalue weighted by Crippen LogP contribution is 2.15. The largest absolute Gasteiger partial charge is 0.374 e. The van der Waals surface area contributed by atoms with Crippen molar-refractivity contribution in [1.82, 2.24) is 20.9 Å². The first kappa shape index (κ1) is 24.1. The summed E-state index contributed by atoms with van der Waals surface area (Å²) in [5.41, 5.74) is 1.27. The molecule has 1 aliphatic heterocycles. The van der Waals surface area contributed by atoms with Crippen molar-refractivity contribution in [1.29, 1.82) is 0 Å². The molecule has 1 aromatic heterocycles. The maximum absolute atomic E-state index is 13.4. The molecule has 0 spiro atoms. The maximum atomic E-state index is 13.4. The zero-order valence-corrected chi connectivity index (χ0v) is 18.9. The van der Waals surface area contributed by atoms with Gasteiger partial charge in [0.25, 0.3) is 5.91 Å². The lowest BCUT2D eigenvalue weighted by Gasteiger charge is -2.33. The number of carbonyl (C=O) groups is 2. The van der Waals surface area contributed by atoms with Crippen LogP contribution in [0.5, 0.6) is 0 Å². The van der Waals surface area contributed by atoms with Crippen molar-refractivity contribution >= 4 is 23.3 Å². The van der Waals surface area contributed by atoms with E-state index in [2.05, 4.69) is 20.9 Å². The van der Waals surface area contributed by atoms with Gasteiger partial charge in [-0.3, -0.25) is 9.69 Å². The number of nitrogens with one attached hydrogen (secondary N) is 3. The van der Waals surface area contributed by atoms with Gasteiger partial charge in [-0.1, -0.05) is 6.07 Å². The molecule has 1 atom stereocenters. The van der Waals surface area contributed by atoms with E-state index in [4.69, 9.17) is 4.74 Å². The third kappa shape index (κ3) is 7.25. The number of hydrogen-bond acceptors (Lipinski definition) is 5. The van der Waals surface area contributed by atoms with Crippen molar-refractivity contribution in [2.75, 3.05) is 26.2 Å². The van der Waals surface area contributed by atoms with E-state index < -0.39 is 11.6 Å². The summed E-state index contributed by atoms with van der Waals surface area (Å²) in [6.07, 6.45) is -0.201. The van der Waals surface area contributed by atoms with Crippen molar-refractivity contribution in [3.05, 3.63) is 57.3 Å². The van der Waals surface area contributed by atoms with E-state index in [-0.39, 0.29) is 24.1 Å². The lowest BCUT2D eigenvalue weighted by molar-refractivity contribution is -0.0287. The Kier molecular flexibility index (Phi) is 8.54. The third-order valence-corrected chi connectivity index (χ3v) is 5.80. The van der Waals surface area contributed by atoms with Gasteiger partial charge in [0, 0.05) is 42.5 Å². The topological polar surface area (TPSA) is 82.7 Å². The Hall–Kier alpha value is -2.56. The summed E-state index contributed by atoms with van der Waals surface area (Å²) in [7, 11) is 0. The SMILES string of the molecule is CC(C)NC(=O)c1csc(CNC(=O)NC[C@H]2CN(Cc3ccc(F)c(F)c3)CCO2)c1. The van der Waals surface area contributed by atoms with E-state index in [1.807, 2.05) is 13.8 Å². The first-order chi connectivity index (χ1) is 15.3. The Bertz CT molecular complexity index is 938. The second-order valence-corrected chi connectivity index (χ2v) is 8.97. The molecule has 7 nitrogen and oxygen atoms in total. The minimum atomic E-state index is -0.860. The van der Waals surface area contributed by atoms with Crippen LogP contribution < -0.4 is 16.0 Å². The van der Waals surface area contributed by atoms with E-state index in [0.717, 1.165) is 10.9 Å².